The Hall–Kier alpha value is -1.31. The highest BCUT2D eigenvalue weighted by molar-refractivity contribution is 5.94. The second-order valence-corrected chi connectivity index (χ2v) is 5.64. The first-order valence-corrected chi connectivity index (χ1v) is 5.83. The quantitative estimate of drug-likeness (QED) is 0.708. The Morgan fingerprint density at radius 3 is 2.25 bits per heavy atom. The highest BCUT2D eigenvalue weighted by Gasteiger charge is 2.38. The topological polar surface area (TPSA) is 20.3 Å². The van der Waals surface area contributed by atoms with Crippen molar-refractivity contribution in [2.24, 2.45) is 11.3 Å². The molecule has 0 aromatic heterocycles. The smallest absolute Gasteiger partial charge is 0.253 e. The Kier molecular flexibility index (Phi) is 2.75. The second-order valence-electron chi connectivity index (χ2n) is 5.64. The van der Waals surface area contributed by atoms with Crippen molar-refractivity contribution in [2.75, 3.05) is 13.1 Å². The van der Waals surface area contributed by atoms with E-state index in [9.17, 15) is 4.79 Å². The molecule has 1 saturated heterocycles. The monoisotopic (exact) mass is 217 g/mol. The number of benzene rings is 1. The molecule has 0 bridgehead atoms. The van der Waals surface area contributed by atoms with Gasteiger partial charge >= 0.3 is 0 Å². The zero-order chi connectivity index (χ0) is 11.8. The molecule has 16 heavy (non-hydrogen) atoms. The summed E-state index contributed by atoms with van der Waals surface area (Å²) in [6, 6.07) is 9.52. The largest absolute Gasteiger partial charge is 0.338 e. The maximum Gasteiger partial charge on any atom is 0.253 e. The third-order valence-corrected chi connectivity index (χ3v) is 3.41. The lowest BCUT2D eigenvalue weighted by Crippen LogP contribution is -2.54. The Labute approximate surface area is 97.3 Å². The number of likely N-dealkylation sites (tertiary alicyclic amines) is 1. The van der Waals surface area contributed by atoms with Gasteiger partial charge < -0.3 is 4.90 Å². The zero-order valence-electron chi connectivity index (χ0n) is 10.2. The number of nitrogens with zero attached hydrogens (tertiary/aromatic N) is 1. The van der Waals surface area contributed by atoms with Crippen LogP contribution in [0.2, 0.25) is 0 Å². The van der Waals surface area contributed by atoms with E-state index in [4.69, 9.17) is 0 Å². The SMILES string of the molecule is CC(C)(C)C1CN(C(=O)c2ccccc2)C1. The van der Waals surface area contributed by atoms with Gasteiger partial charge in [0, 0.05) is 18.7 Å². The molecule has 1 fully saturated rings. The Morgan fingerprint density at radius 2 is 1.75 bits per heavy atom. The van der Waals surface area contributed by atoms with Crippen molar-refractivity contribution in [3.05, 3.63) is 35.9 Å². The predicted molar refractivity (Wildman–Crippen MR) is 65.3 cm³/mol. The van der Waals surface area contributed by atoms with Crippen molar-refractivity contribution in [2.45, 2.75) is 20.8 Å². The molecule has 1 amide bonds. The molecular formula is C14H19NO. The number of amides is 1. The van der Waals surface area contributed by atoms with Gasteiger partial charge in [0.05, 0.1) is 0 Å². The summed E-state index contributed by atoms with van der Waals surface area (Å²) < 4.78 is 0. The Bertz CT molecular complexity index is 371. The van der Waals surface area contributed by atoms with Gasteiger partial charge in [0.1, 0.15) is 0 Å². The summed E-state index contributed by atoms with van der Waals surface area (Å²) in [5.74, 6) is 0.807. The van der Waals surface area contributed by atoms with Gasteiger partial charge in [-0.2, -0.15) is 0 Å². The van der Waals surface area contributed by atoms with E-state index >= 15 is 0 Å². The first-order chi connectivity index (χ1) is 7.48. The standard InChI is InChI=1S/C14H19NO/c1-14(2,3)12-9-15(10-12)13(16)11-7-5-4-6-8-11/h4-8,12H,9-10H2,1-3H3. The summed E-state index contributed by atoms with van der Waals surface area (Å²) in [7, 11) is 0. The lowest BCUT2D eigenvalue weighted by atomic mass is 9.76. The van der Waals surface area contributed by atoms with Crippen molar-refractivity contribution in [1.82, 2.24) is 4.90 Å². The van der Waals surface area contributed by atoms with Crippen LogP contribution in [-0.4, -0.2) is 23.9 Å². The van der Waals surface area contributed by atoms with E-state index in [1.807, 2.05) is 35.2 Å². The van der Waals surface area contributed by atoms with Gasteiger partial charge in [-0.05, 0) is 23.5 Å². The highest BCUT2D eigenvalue weighted by atomic mass is 16.2. The fourth-order valence-electron chi connectivity index (χ4n) is 1.96. The molecule has 2 nitrogen and oxygen atoms in total. The van der Waals surface area contributed by atoms with Crippen molar-refractivity contribution < 1.29 is 4.79 Å². The van der Waals surface area contributed by atoms with Crippen LogP contribution in [0.1, 0.15) is 31.1 Å². The van der Waals surface area contributed by atoms with E-state index in [2.05, 4.69) is 20.8 Å². The van der Waals surface area contributed by atoms with Crippen LogP contribution in [0.5, 0.6) is 0 Å². The van der Waals surface area contributed by atoms with Gasteiger partial charge in [-0.25, -0.2) is 0 Å². The minimum atomic E-state index is 0.168. The van der Waals surface area contributed by atoms with Crippen LogP contribution in [0.25, 0.3) is 0 Å². The average Bonchev–Trinajstić information content (AvgIpc) is 2.14. The predicted octanol–water partition coefficient (Wildman–Crippen LogP) is 2.80. The van der Waals surface area contributed by atoms with Crippen LogP contribution in [0.3, 0.4) is 0 Å². The Morgan fingerprint density at radius 1 is 1.19 bits per heavy atom. The van der Waals surface area contributed by atoms with E-state index < -0.39 is 0 Å². The first kappa shape index (κ1) is 11.2. The van der Waals surface area contributed by atoms with Gasteiger partial charge in [-0.15, -0.1) is 0 Å². The number of rotatable bonds is 1. The fourth-order valence-corrected chi connectivity index (χ4v) is 1.96. The summed E-state index contributed by atoms with van der Waals surface area (Å²) in [5.41, 5.74) is 1.11. The third kappa shape index (κ3) is 2.11. The van der Waals surface area contributed by atoms with E-state index in [-0.39, 0.29) is 5.91 Å². The van der Waals surface area contributed by atoms with Crippen LogP contribution >= 0.6 is 0 Å². The maximum atomic E-state index is 12.0. The first-order valence-electron chi connectivity index (χ1n) is 5.83. The van der Waals surface area contributed by atoms with Crippen LogP contribution < -0.4 is 0 Å². The summed E-state index contributed by atoms with van der Waals surface area (Å²) >= 11 is 0. The molecule has 0 spiro atoms. The van der Waals surface area contributed by atoms with E-state index in [0.717, 1.165) is 18.7 Å². The molecule has 86 valence electrons. The van der Waals surface area contributed by atoms with Gasteiger partial charge in [-0.3, -0.25) is 4.79 Å². The average molecular weight is 217 g/mol. The molecule has 1 aromatic carbocycles. The van der Waals surface area contributed by atoms with E-state index in [0.29, 0.717) is 11.3 Å². The molecule has 1 heterocycles. The Balaban J connectivity index is 1.96. The molecule has 0 N–H and O–H groups in total. The van der Waals surface area contributed by atoms with Gasteiger partial charge in [0.2, 0.25) is 0 Å². The van der Waals surface area contributed by atoms with Gasteiger partial charge in [0.15, 0.2) is 0 Å². The van der Waals surface area contributed by atoms with Crippen LogP contribution in [0, 0.1) is 11.3 Å². The molecule has 1 aromatic rings. The summed E-state index contributed by atoms with van der Waals surface area (Å²) in [5, 5.41) is 0. The summed E-state index contributed by atoms with van der Waals surface area (Å²) in [6.07, 6.45) is 0. The van der Waals surface area contributed by atoms with Crippen LogP contribution in [0.15, 0.2) is 30.3 Å². The molecule has 0 saturated carbocycles. The fraction of sp³-hybridized carbons (Fsp3) is 0.500. The number of hydrogen-bond acceptors (Lipinski definition) is 1. The van der Waals surface area contributed by atoms with Crippen LogP contribution in [-0.2, 0) is 0 Å². The van der Waals surface area contributed by atoms with Crippen molar-refractivity contribution in [3.8, 4) is 0 Å². The lowest BCUT2D eigenvalue weighted by molar-refractivity contribution is 0.0210. The number of carbonyl (C=O) groups is 1. The van der Waals surface area contributed by atoms with Crippen molar-refractivity contribution in [3.63, 3.8) is 0 Å². The third-order valence-electron chi connectivity index (χ3n) is 3.41. The molecule has 0 aliphatic carbocycles. The van der Waals surface area contributed by atoms with Crippen molar-refractivity contribution in [1.29, 1.82) is 0 Å². The van der Waals surface area contributed by atoms with E-state index in [1.165, 1.54) is 0 Å². The number of hydrogen-bond donors (Lipinski definition) is 0. The minimum Gasteiger partial charge on any atom is -0.338 e. The maximum absolute atomic E-state index is 12.0. The molecule has 0 unspecified atom stereocenters. The lowest BCUT2D eigenvalue weighted by Gasteiger charge is -2.46. The molecule has 0 atom stereocenters. The number of carbonyl (C=O) groups excluding carboxylic acids is 1. The highest BCUT2D eigenvalue weighted by Crippen LogP contribution is 2.34. The molecule has 1 aliphatic heterocycles. The molecule has 1 aliphatic rings. The molecule has 2 rings (SSSR count). The van der Waals surface area contributed by atoms with Gasteiger partial charge in [-0.1, -0.05) is 39.0 Å². The van der Waals surface area contributed by atoms with Crippen molar-refractivity contribution >= 4 is 5.91 Å². The second kappa shape index (κ2) is 3.93. The molecular weight excluding hydrogens is 198 g/mol. The zero-order valence-corrected chi connectivity index (χ0v) is 10.2. The summed E-state index contributed by atoms with van der Waals surface area (Å²) in [4.78, 5) is 14.0. The van der Waals surface area contributed by atoms with Gasteiger partial charge in [0.25, 0.3) is 5.91 Å². The molecule has 0 radical (unpaired) electrons. The van der Waals surface area contributed by atoms with E-state index in [1.54, 1.807) is 0 Å². The summed E-state index contributed by atoms with van der Waals surface area (Å²) in [6.45, 7) is 8.51. The van der Waals surface area contributed by atoms with Crippen LogP contribution in [0.4, 0.5) is 0 Å². The normalized spacial score (nSPS) is 17.1. The minimum absolute atomic E-state index is 0.168. The molecule has 2 heteroatoms.